The van der Waals surface area contributed by atoms with E-state index in [4.69, 9.17) is 5.11 Å². The number of carboxylic acids is 1. The Bertz CT molecular complexity index is 329. The molecule has 1 rings (SSSR count). The average molecular weight is 320 g/mol. The molecular formula is C13H24N2O3S2. The van der Waals surface area contributed by atoms with E-state index in [1.165, 1.54) is 35.3 Å². The zero-order valence-electron chi connectivity index (χ0n) is 12.1. The Hall–Kier alpha value is -0.560. The normalized spacial score (nSPS) is 22.0. The summed E-state index contributed by atoms with van der Waals surface area (Å²) < 4.78 is 0. The number of carbonyl (C=O) groups is 2. The van der Waals surface area contributed by atoms with Gasteiger partial charge in [-0.2, -0.15) is 11.8 Å². The van der Waals surface area contributed by atoms with Crippen molar-refractivity contribution in [1.82, 2.24) is 10.2 Å². The van der Waals surface area contributed by atoms with Crippen molar-refractivity contribution in [3.8, 4) is 0 Å². The van der Waals surface area contributed by atoms with Crippen molar-refractivity contribution in [2.75, 3.05) is 24.3 Å². The van der Waals surface area contributed by atoms with Gasteiger partial charge in [0.25, 0.3) is 0 Å². The fraction of sp³-hybridized carbons (Fsp3) is 0.846. The van der Waals surface area contributed by atoms with Crippen LogP contribution in [0.4, 0.5) is 4.79 Å². The number of nitrogens with zero attached hydrogens (tertiary/aromatic N) is 1. The van der Waals surface area contributed by atoms with Crippen molar-refractivity contribution in [3.63, 3.8) is 0 Å². The molecule has 7 heteroatoms. The lowest BCUT2D eigenvalue weighted by atomic mass is 10.2. The summed E-state index contributed by atoms with van der Waals surface area (Å²) in [5.41, 5.74) is 0. The van der Waals surface area contributed by atoms with Crippen molar-refractivity contribution in [3.05, 3.63) is 0 Å². The Morgan fingerprint density at radius 3 is 2.70 bits per heavy atom. The van der Waals surface area contributed by atoms with E-state index < -0.39 is 12.0 Å². The molecule has 1 fully saturated rings. The van der Waals surface area contributed by atoms with E-state index in [1.54, 1.807) is 0 Å². The lowest BCUT2D eigenvalue weighted by Crippen LogP contribution is -2.49. The Morgan fingerprint density at radius 2 is 2.05 bits per heavy atom. The van der Waals surface area contributed by atoms with Gasteiger partial charge < -0.3 is 10.4 Å². The molecule has 20 heavy (non-hydrogen) atoms. The van der Waals surface area contributed by atoms with Crippen LogP contribution >= 0.6 is 23.5 Å². The highest BCUT2D eigenvalue weighted by molar-refractivity contribution is 8.00. The number of rotatable bonds is 8. The van der Waals surface area contributed by atoms with E-state index in [2.05, 4.69) is 11.6 Å². The first kappa shape index (κ1) is 17.5. The minimum atomic E-state index is -0.922. The number of amides is 2. The minimum absolute atomic E-state index is 0.0716. The maximum absolute atomic E-state index is 12.0. The van der Waals surface area contributed by atoms with Crippen molar-refractivity contribution in [1.29, 1.82) is 0 Å². The van der Waals surface area contributed by atoms with Gasteiger partial charge in [-0.1, -0.05) is 12.8 Å². The standard InChI is InChI=1S/C13H24N2O3S2/c1-10-15(11(9-20-10)12(16)17)13(18)14-7-5-3-4-6-8-19-2/h10-11H,3-9H2,1-2H3,(H,14,18)(H,16,17). The largest absolute Gasteiger partial charge is 0.480 e. The van der Waals surface area contributed by atoms with Gasteiger partial charge in [-0.3, -0.25) is 4.90 Å². The summed E-state index contributed by atoms with van der Waals surface area (Å²) in [4.78, 5) is 24.6. The predicted molar refractivity (Wildman–Crippen MR) is 85.4 cm³/mol. The summed E-state index contributed by atoms with van der Waals surface area (Å²) in [7, 11) is 0. The first-order valence-electron chi connectivity index (χ1n) is 6.97. The Kier molecular flexibility index (Phi) is 8.21. The van der Waals surface area contributed by atoms with E-state index in [0.717, 1.165) is 12.8 Å². The van der Waals surface area contributed by atoms with Gasteiger partial charge in [0.1, 0.15) is 6.04 Å². The molecule has 2 unspecified atom stereocenters. The fourth-order valence-corrected chi connectivity index (χ4v) is 3.81. The highest BCUT2D eigenvalue weighted by Gasteiger charge is 2.39. The number of nitrogens with one attached hydrogen (secondary N) is 1. The molecule has 0 radical (unpaired) electrons. The van der Waals surface area contributed by atoms with Gasteiger partial charge >= 0.3 is 12.0 Å². The summed E-state index contributed by atoms with van der Waals surface area (Å²) >= 11 is 3.36. The second-order valence-corrected chi connectivity index (χ2v) is 7.17. The fourth-order valence-electron chi connectivity index (χ4n) is 2.15. The average Bonchev–Trinajstić information content (AvgIpc) is 2.79. The Balaban J connectivity index is 2.22. The Labute approximate surface area is 129 Å². The third kappa shape index (κ3) is 5.44. The van der Waals surface area contributed by atoms with Gasteiger partial charge in [0.2, 0.25) is 0 Å². The van der Waals surface area contributed by atoms with E-state index in [1.807, 2.05) is 18.7 Å². The van der Waals surface area contributed by atoms with Crippen LogP contribution in [-0.4, -0.2) is 57.7 Å². The number of carbonyl (C=O) groups excluding carboxylic acids is 1. The van der Waals surface area contributed by atoms with E-state index in [-0.39, 0.29) is 11.4 Å². The smallest absolute Gasteiger partial charge is 0.327 e. The van der Waals surface area contributed by atoms with Gasteiger partial charge in [0, 0.05) is 12.3 Å². The maximum atomic E-state index is 12.0. The summed E-state index contributed by atoms with van der Waals surface area (Å²) in [6, 6.07) is -0.949. The number of urea groups is 1. The summed E-state index contributed by atoms with van der Waals surface area (Å²) in [6.45, 7) is 2.49. The maximum Gasteiger partial charge on any atom is 0.327 e. The predicted octanol–water partition coefficient (Wildman–Crippen LogP) is 2.47. The summed E-state index contributed by atoms with van der Waals surface area (Å²) in [5.74, 6) is 0.738. The molecule has 0 aliphatic carbocycles. The summed E-state index contributed by atoms with van der Waals surface area (Å²) in [6.07, 6.45) is 6.56. The van der Waals surface area contributed by atoms with Gasteiger partial charge in [-0.05, 0) is 31.8 Å². The van der Waals surface area contributed by atoms with Gasteiger partial charge in [-0.15, -0.1) is 11.8 Å². The Morgan fingerprint density at radius 1 is 1.35 bits per heavy atom. The van der Waals surface area contributed by atoms with E-state index >= 15 is 0 Å². The quantitative estimate of drug-likeness (QED) is 0.672. The first-order valence-corrected chi connectivity index (χ1v) is 9.41. The van der Waals surface area contributed by atoms with Gasteiger partial charge in [0.05, 0.1) is 5.37 Å². The van der Waals surface area contributed by atoms with Crippen LogP contribution in [0.1, 0.15) is 32.6 Å². The third-order valence-electron chi connectivity index (χ3n) is 3.29. The SMILES string of the molecule is CSCCCCCCNC(=O)N1C(C)SCC1C(=O)O. The van der Waals surface area contributed by atoms with Crippen molar-refractivity contribution < 1.29 is 14.7 Å². The molecular weight excluding hydrogens is 296 g/mol. The first-order chi connectivity index (χ1) is 9.57. The lowest BCUT2D eigenvalue weighted by Gasteiger charge is -2.25. The zero-order valence-corrected chi connectivity index (χ0v) is 13.8. The lowest BCUT2D eigenvalue weighted by molar-refractivity contribution is -0.141. The van der Waals surface area contributed by atoms with E-state index in [9.17, 15) is 9.59 Å². The number of hydrogen-bond acceptors (Lipinski definition) is 4. The van der Waals surface area contributed by atoms with Crippen LogP contribution in [0.3, 0.4) is 0 Å². The van der Waals surface area contributed by atoms with Crippen LogP contribution in [-0.2, 0) is 4.79 Å². The number of hydrogen-bond donors (Lipinski definition) is 2. The molecule has 116 valence electrons. The molecule has 5 nitrogen and oxygen atoms in total. The second-order valence-electron chi connectivity index (χ2n) is 4.83. The molecule has 0 aromatic rings. The summed E-state index contributed by atoms with van der Waals surface area (Å²) in [5, 5.41) is 11.9. The molecule has 2 atom stereocenters. The molecule has 0 bridgehead atoms. The van der Waals surface area contributed by atoms with Crippen molar-refractivity contribution in [2.24, 2.45) is 0 Å². The number of aliphatic carboxylic acids is 1. The molecule has 1 heterocycles. The van der Waals surface area contributed by atoms with Crippen LogP contribution < -0.4 is 5.32 Å². The van der Waals surface area contributed by atoms with Crippen LogP contribution in [0.5, 0.6) is 0 Å². The third-order valence-corrected chi connectivity index (χ3v) is 5.21. The zero-order chi connectivity index (χ0) is 15.0. The monoisotopic (exact) mass is 320 g/mol. The number of unbranched alkanes of at least 4 members (excludes halogenated alkanes) is 3. The van der Waals surface area contributed by atoms with Crippen LogP contribution in [0.25, 0.3) is 0 Å². The molecule has 0 aromatic carbocycles. The van der Waals surface area contributed by atoms with Crippen molar-refractivity contribution in [2.45, 2.75) is 44.0 Å². The highest BCUT2D eigenvalue weighted by atomic mass is 32.2. The molecule has 2 N–H and O–H groups in total. The van der Waals surface area contributed by atoms with Gasteiger partial charge in [-0.25, -0.2) is 9.59 Å². The van der Waals surface area contributed by atoms with Crippen LogP contribution in [0, 0.1) is 0 Å². The van der Waals surface area contributed by atoms with Crippen molar-refractivity contribution >= 4 is 35.5 Å². The number of thioether (sulfide) groups is 2. The minimum Gasteiger partial charge on any atom is -0.480 e. The molecule has 1 saturated heterocycles. The number of carboxylic acid groups (broad SMARTS) is 1. The highest BCUT2D eigenvalue weighted by Crippen LogP contribution is 2.28. The second kappa shape index (κ2) is 9.39. The molecule has 0 spiro atoms. The molecule has 0 aromatic heterocycles. The van der Waals surface area contributed by atoms with Crippen LogP contribution in [0.2, 0.25) is 0 Å². The van der Waals surface area contributed by atoms with Crippen LogP contribution in [0.15, 0.2) is 0 Å². The van der Waals surface area contributed by atoms with E-state index in [0.29, 0.717) is 12.3 Å². The molecule has 0 saturated carbocycles. The molecule has 2 amide bonds. The topological polar surface area (TPSA) is 69.6 Å². The molecule has 1 aliphatic rings. The molecule has 1 aliphatic heterocycles. The van der Waals surface area contributed by atoms with Gasteiger partial charge in [0.15, 0.2) is 0 Å².